The Balaban J connectivity index is 1.46. The summed E-state index contributed by atoms with van der Waals surface area (Å²) in [5.74, 6) is 2.31. The number of fused-ring (bicyclic) bond motifs is 1. The van der Waals surface area contributed by atoms with E-state index in [2.05, 4.69) is 40.5 Å². The number of para-hydroxylation sites is 1. The Morgan fingerprint density at radius 1 is 0.806 bits per heavy atom. The summed E-state index contributed by atoms with van der Waals surface area (Å²) >= 11 is 0. The van der Waals surface area contributed by atoms with Gasteiger partial charge < -0.3 is 15.0 Å². The van der Waals surface area contributed by atoms with Crippen molar-refractivity contribution in [2.45, 2.75) is 19.3 Å². The lowest BCUT2D eigenvalue weighted by atomic mass is 10.1. The second kappa shape index (κ2) is 8.64. The molecule has 0 saturated carbocycles. The number of piperidine rings is 1. The molecule has 0 spiro atoms. The van der Waals surface area contributed by atoms with E-state index in [-0.39, 0.29) is 0 Å². The summed E-state index contributed by atoms with van der Waals surface area (Å²) in [6.07, 6.45) is 3.90. The molecule has 1 aromatic heterocycles. The quantitative estimate of drug-likeness (QED) is 0.435. The van der Waals surface area contributed by atoms with Gasteiger partial charge in [0.2, 0.25) is 0 Å². The van der Waals surface area contributed by atoms with Crippen LogP contribution in [0.4, 0.5) is 17.2 Å². The number of ether oxygens (including phenoxy) is 1. The molecule has 156 valence electrons. The van der Waals surface area contributed by atoms with Crippen LogP contribution in [0.2, 0.25) is 0 Å². The van der Waals surface area contributed by atoms with Gasteiger partial charge in [0.25, 0.3) is 0 Å². The molecule has 0 atom stereocenters. The number of anilines is 3. The van der Waals surface area contributed by atoms with Crippen molar-refractivity contribution in [3.8, 4) is 17.1 Å². The van der Waals surface area contributed by atoms with Gasteiger partial charge in [0, 0.05) is 35.4 Å². The third-order valence-electron chi connectivity index (χ3n) is 5.80. The molecule has 1 saturated heterocycles. The molecule has 0 aliphatic carbocycles. The van der Waals surface area contributed by atoms with Gasteiger partial charge >= 0.3 is 0 Å². The summed E-state index contributed by atoms with van der Waals surface area (Å²) in [5, 5.41) is 4.52. The van der Waals surface area contributed by atoms with Crippen molar-refractivity contribution in [2.75, 3.05) is 30.4 Å². The Morgan fingerprint density at radius 3 is 2.29 bits per heavy atom. The first-order valence-electron chi connectivity index (χ1n) is 10.8. The largest absolute Gasteiger partial charge is 0.497 e. The van der Waals surface area contributed by atoms with Gasteiger partial charge in [-0.15, -0.1) is 0 Å². The molecular weight excluding hydrogens is 384 g/mol. The fourth-order valence-electron chi connectivity index (χ4n) is 4.09. The van der Waals surface area contributed by atoms with Crippen molar-refractivity contribution >= 4 is 28.1 Å². The standard InChI is InChI=1S/C26H26N4O/c1-31-22-15-9-19(10-16-22)25-28-24-8-4-3-7-23(24)26(29-25)27-20-11-13-21(14-12-20)30-17-5-2-6-18-30/h3-4,7-16H,2,5-6,17-18H2,1H3,(H,27,28,29). The lowest BCUT2D eigenvalue weighted by Gasteiger charge is -2.28. The van der Waals surface area contributed by atoms with Crippen molar-refractivity contribution in [2.24, 2.45) is 0 Å². The van der Waals surface area contributed by atoms with Crippen LogP contribution in [0.1, 0.15) is 19.3 Å². The molecule has 1 aliphatic rings. The number of nitrogens with one attached hydrogen (secondary N) is 1. The predicted octanol–water partition coefficient (Wildman–Crippen LogP) is 6.04. The Labute approximate surface area is 182 Å². The van der Waals surface area contributed by atoms with Crippen LogP contribution in [0.5, 0.6) is 5.75 Å². The first-order valence-corrected chi connectivity index (χ1v) is 10.8. The van der Waals surface area contributed by atoms with Gasteiger partial charge in [-0.25, -0.2) is 9.97 Å². The van der Waals surface area contributed by atoms with Crippen LogP contribution >= 0.6 is 0 Å². The van der Waals surface area contributed by atoms with E-state index in [0.29, 0.717) is 5.82 Å². The summed E-state index contributed by atoms with van der Waals surface area (Å²) in [6, 6.07) is 24.6. The number of methoxy groups -OCH3 is 1. The van der Waals surface area contributed by atoms with Crippen LogP contribution in [-0.4, -0.2) is 30.2 Å². The smallest absolute Gasteiger partial charge is 0.162 e. The molecule has 3 aromatic carbocycles. The molecular formula is C26H26N4O. The average Bonchev–Trinajstić information content (AvgIpc) is 2.85. The van der Waals surface area contributed by atoms with Gasteiger partial charge in [0.15, 0.2) is 5.82 Å². The Hall–Kier alpha value is -3.60. The zero-order valence-corrected chi connectivity index (χ0v) is 17.7. The number of hydrogen-bond donors (Lipinski definition) is 1. The molecule has 31 heavy (non-hydrogen) atoms. The number of aromatic nitrogens is 2. The van der Waals surface area contributed by atoms with Crippen LogP contribution in [0.3, 0.4) is 0 Å². The maximum absolute atomic E-state index is 5.27. The van der Waals surface area contributed by atoms with Gasteiger partial charge in [-0.05, 0) is 79.9 Å². The van der Waals surface area contributed by atoms with Gasteiger partial charge in [-0.1, -0.05) is 12.1 Å². The lowest BCUT2D eigenvalue weighted by Crippen LogP contribution is -2.29. The van der Waals surface area contributed by atoms with E-state index < -0.39 is 0 Å². The molecule has 5 nitrogen and oxygen atoms in total. The van der Waals surface area contributed by atoms with Gasteiger partial charge in [-0.2, -0.15) is 0 Å². The van der Waals surface area contributed by atoms with E-state index in [1.165, 1.54) is 24.9 Å². The highest BCUT2D eigenvalue weighted by atomic mass is 16.5. The average molecular weight is 411 g/mol. The summed E-state index contributed by atoms with van der Waals surface area (Å²) in [7, 11) is 1.67. The van der Waals surface area contributed by atoms with Crippen molar-refractivity contribution in [1.29, 1.82) is 0 Å². The molecule has 0 unspecified atom stereocenters. The number of nitrogens with zero attached hydrogens (tertiary/aromatic N) is 3. The number of rotatable bonds is 5. The van der Waals surface area contributed by atoms with Crippen LogP contribution in [0, 0.1) is 0 Å². The molecule has 2 heterocycles. The van der Waals surface area contributed by atoms with Crippen molar-refractivity contribution in [3.05, 3.63) is 72.8 Å². The summed E-state index contributed by atoms with van der Waals surface area (Å²) < 4.78 is 5.27. The van der Waals surface area contributed by atoms with Crippen molar-refractivity contribution in [3.63, 3.8) is 0 Å². The first-order chi connectivity index (χ1) is 15.3. The van der Waals surface area contributed by atoms with E-state index in [1.807, 2.05) is 42.5 Å². The Bertz CT molecular complexity index is 1170. The molecule has 4 aromatic rings. The van der Waals surface area contributed by atoms with Crippen LogP contribution in [0.25, 0.3) is 22.3 Å². The Kier molecular flexibility index (Phi) is 5.40. The lowest BCUT2D eigenvalue weighted by molar-refractivity contribution is 0.415. The maximum atomic E-state index is 5.27. The van der Waals surface area contributed by atoms with E-state index in [1.54, 1.807) is 7.11 Å². The minimum Gasteiger partial charge on any atom is -0.497 e. The molecule has 5 rings (SSSR count). The number of hydrogen-bond acceptors (Lipinski definition) is 5. The monoisotopic (exact) mass is 410 g/mol. The normalized spacial score (nSPS) is 13.9. The maximum Gasteiger partial charge on any atom is 0.162 e. The molecule has 1 N–H and O–H groups in total. The van der Waals surface area contributed by atoms with Crippen molar-refractivity contribution in [1.82, 2.24) is 9.97 Å². The van der Waals surface area contributed by atoms with E-state index in [9.17, 15) is 0 Å². The molecule has 0 radical (unpaired) electrons. The fraction of sp³-hybridized carbons (Fsp3) is 0.231. The topological polar surface area (TPSA) is 50.3 Å². The summed E-state index contributed by atoms with van der Waals surface area (Å²) in [4.78, 5) is 12.1. The van der Waals surface area contributed by atoms with Crippen molar-refractivity contribution < 1.29 is 4.74 Å². The van der Waals surface area contributed by atoms with E-state index in [0.717, 1.165) is 46.8 Å². The third kappa shape index (κ3) is 4.17. The van der Waals surface area contributed by atoms with Gasteiger partial charge in [0.1, 0.15) is 11.6 Å². The van der Waals surface area contributed by atoms with E-state index in [4.69, 9.17) is 14.7 Å². The zero-order valence-electron chi connectivity index (χ0n) is 17.7. The zero-order chi connectivity index (χ0) is 21.0. The molecule has 5 heteroatoms. The molecule has 0 bridgehead atoms. The summed E-state index contributed by atoms with van der Waals surface area (Å²) in [6.45, 7) is 2.29. The highest BCUT2D eigenvalue weighted by molar-refractivity contribution is 5.92. The predicted molar refractivity (Wildman–Crippen MR) is 127 cm³/mol. The van der Waals surface area contributed by atoms with Crippen LogP contribution in [-0.2, 0) is 0 Å². The van der Waals surface area contributed by atoms with E-state index >= 15 is 0 Å². The van der Waals surface area contributed by atoms with Crippen LogP contribution in [0.15, 0.2) is 72.8 Å². The first kappa shape index (κ1) is 19.4. The second-order valence-electron chi connectivity index (χ2n) is 7.86. The minimum absolute atomic E-state index is 0.689. The third-order valence-corrected chi connectivity index (χ3v) is 5.80. The SMILES string of the molecule is COc1ccc(-c2nc(Nc3ccc(N4CCCCC4)cc3)c3ccccc3n2)cc1. The highest BCUT2D eigenvalue weighted by Crippen LogP contribution is 2.29. The number of benzene rings is 3. The fourth-order valence-corrected chi connectivity index (χ4v) is 4.09. The molecule has 1 fully saturated rings. The summed E-state index contributed by atoms with van der Waals surface area (Å²) in [5.41, 5.74) is 4.17. The minimum atomic E-state index is 0.689. The highest BCUT2D eigenvalue weighted by Gasteiger charge is 2.12. The second-order valence-corrected chi connectivity index (χ2v) is 7.86. The molecule has 1 aliphatic heterocycles. The molecule has 0 amide bonds. The van der Waals surface area contributed by atoms with Gasteiger partial charge in [0.05, 0.1) is 12.6 Å². The van der Waals surface area contributed by atoms with Crippen LogP contribution < -0.4 is 15.0 Å². The van der Waals surface area contributed by atoms with Gasteiger partial charge in [-0.3, -0.25) is 0 Å². The Morgan fingerprint density at radius 2 is 1.55 bits per heavy atom.